The van der Waals surface area contributed by atoms with E-state index in [1.165, 1.54) is 6.07 Å². The lowest BCUT2D eigenvalue weighted by atomic mass is 9.97. The standard InChI is InChI=1S/C20H17F3N4O4/c21-11-1-2-15-13(5-11)19(29)27(20(30)26-15)17(10-3-4-31-9-10)18(28)25-8-16-14(23)6-12(22)7-24-16/h1-2,5-7,10,17H,3-4,8-9H2,(H,25,28)(H,26,30)/t10-,17?/m1/s1. The molecule has 0 aliphatic carbocycles. The molecule has 3 heterocycles. The second-order valence-electron chi connectivity index (χ2n) is 7.16. The van der Waals surface area contributed by atoms with Crippen LogP contribution in [0.25, 0.3) is 10.9 Å². The van der Waals surface area contributed by atoms with Crippen molar-refractivity contribution in [1.82, 2.24) is 19.9 Å². The topological polar surface area (TPSA) is 106 Å². The molecule has 4 rings (SSSR count). The van der Waals surface area contributed by atoms with Gasteiger partial charge in [-0.2, -0.15) is 0 Å². The van der Waals surface area contributed by atoms with E-state index >= 15 is 0 Å². The summed E-state index contributed by atoms with van der Waals surface area (Å²) in [6, 6.07) is 2.68. The number of aromatic amines is 1. The molecule has 1 saturated heterocycles. The number of rotatable bonds is 5. The van der Waals surface area contributed by atoms with Crippen molar-refractivity contribution < 1.29 is 22.7 Å². The van der Waals surface area contributed by atoms with E-state index in [0.717, 1.165) is 22.9 Å². The van der Waals surface area contributed by atoms with E-state index in [4.69, 9.17) is 4.74 Å². The van der Waals surface area contributed by atoms with Crippen molar-refractivity contribution in [3.05, 3.63) is 74.4 Å². The molecule has 31 heavy (non-hydrogen) atoms. The third-order valence-corrected chi connectivity index (χ3v) is 5.16. The highest BCUT2D eigenvalue weighted by Crippen LogP contribution is 2.25. The maximum absolute atomic E-state index is 13.8. The third kappa shape index (κ3) is 4.08. The van der Waals surface area contributed by atoms with Crippen molar-refractivity contribution in [2.75, 3.05) is 13.2 Å². The van der Waals surface area contributed by atoms with Gasteiger partial charge in [-0.1, -0.05) is 0 Å². The van der Waals surface area contributed by atoms with Gasteiger partial charge in [0.15, 0.2) is 0 Å². The number of H-pyrrole nitrogens is 1. The van der Waals surface area contributed by atoms with Crippen LogP contribution in [0.1, 0.15) is 18.2 Å². The SMILES string of the molecule is O=C(NCc1ncc(F)cc1F)C([C@@H]1CCOC1)n1c(=O)[nH]c2ccc(F)cc2c1=O. The Hall–Kier alpha value is -3.47. The Morgan fingerprint density at radius 3 is 2.77 bits per heavy atom. The third-order valence-electron chi connectivity index (χ3n) is 5.16. The van der Waals surface area contributed by atoms with Gasteiger partial charge in [0.05, 0.1) is 35.9 Å². The largest absolute Gasteiger partial charge is 0.381 e. The van der Waals surface area contributed by atoms with Crippen LogP contribution in [-0.2, 0) is 16.1 Å². The number of aromatic nitrogens is 3. The average molecular weight is 434 g/mol. The number of amides is 1. The van der Waals surface area contributed by atoms with Crippen LogP contribution in [0.2, 0.25) is 0 Å². The Labute approximate surface area is 172 Å². The van der Waals surface area contributed by atoms with Crippen molar-refractivity contribution in [2.24, 2.45) is 5.92 Å². The predicted molar refractivity (Wildman–Crippen MR) is 103 cm³/mol. The number of nitrogens with one attached hydrogen (secondary N) is 2. The number of hydrogen-bond donors (Lipinski definition) is 2. The van der Waals surface area contributed by atoms with E-state index in [1.807, 2.05) is 0 Å². The Bertz CT molecular complexity index is 1270. The number of halogens is 3. The molecule has 0 spiro atoms. The highest BCUT2D eigenvalue weighted by molar-refractivity contribution is 5.82. The fourth-order valence-electron chi connectivity index (χ4n) is 3.64. The fourth-order valence-corrected chi connectivity index (χ4v) is 3.64. The lowest BCUT2D eigenvalue weighted by Crippen LogP contribution is -2.47. The molecule has 0 radical (unpaired) electrons. The minimum atomic E-state index is -1.28. The molecule has 1 aromatic carbocycles. The van der Waals surface area contributed by atoms with E-state index < -0.39 is 46.6 Å². The van der Waals surface area contributed by atoms with Gasteiger partial charge in [0.2, 0.25) is 5.91 Å². The summed E-state index contributed by atoms with van der Waals surface area (Å²) in [4.78, 5) is 44.8. The number of hydrogen-bond acceptors (Lipinski definition) is 5. The van der Waals surface area contributed by atoms with Gasteiger partial charge in [0, 0.05) is 18.6 Å². The summed E-state index contributed by atoms with van der Waals surface area (Å²) >= 11 is 0. The van der Waals surface area contributed by atoms with Crippen LogP contribution < -0.4 is 16.6 Å². The molecule has 1 amide bonds. The molecule has 162 valence electrons. The molecule has 8 nitrogen and oxygen atoms in total. The quantitative estimate of drug-likeness (QED) is 0.632. The first-order chi connectivity index (χ1) is 14.8. The van der Waals surface area contributed by atoms with E-state index in [9.17, 15) is 27.6 Å². The minimum absolute atomic E-state index is 0.0949. The van der Waals surface area contributed by atoms with Gasteiger partial charge in [-0.05, 0) is 24.6 Å². The summed E-state index contributed by atoms with van der Waals surface area (Å²) in [6.45, 7) is 0.0651. The van der Waals surface area contributed by atoms with Crippen molar-refractivity contribution in [3.8, 4) is 0 Å². The number of carbonyl (C=O) groups excluding carboxylic acids is 1. The zero-order chi connectivity index (χ0) is 22.1. The number of pyridine rings is 1. The first kappa shape index (κ1) is 20.8. The Kier molecular flexibility index (Phi) is 5.59. The molecule has 1 fully saturated rings. The fraction of sp³-hybridized carbons (Fsp3) is 0.300. The number of nitrogens with zero attached hydrogens (tertiary/aromatic N) is 2. The molecule has 3 aromatic rings. The summed E-state index contributed by atoms with van der Waals surface area (Å²) in [5.74, 6) is -3.75. The van der Waals surface area contributed by atoms with E-state index in [1.54, 1.807) is 0 Å². The van der Waals surface area contributed by atoms with Gasteiger partial charge in [0.25, 0.3) is 5.56 Å². The highest BCUT2D eigenvalue weighted by atomic mass is 19.1. The molecule has 2 N–H and O–H groups in total. The van der Waals surface area contributed by atoms with Crippen LogP contribution in [0.15, 0.2) is 40.1 Å². The van der Waals surface area contributed by atoms with Gasteiger partial charge in [-0.15, -0.1) is 0 Å². The lowest BCUT2D eigenvalue weighted by Gasteiger charge is -2.23. The van der Waals surface area contributed by atoms with E-state index in [2.05, 4.69) is 15.3 Å². The molecule has 1 aliphatic rings. The van der Waals surface area contributed by atoms with Crippen LogP contribution >= 0.6 is 0 Å². The zero-order valence-corrected chi connectivity index (χ0v) is 16.0. The number of ether oxygens (including phenoxy) is 1. The molecular weight excluding hydrogens is 417 g/mol. The van der Waals surface area contributed by atoms with E-state index in [0.29, 0.717) is 19.1 Å². The van der Waals surface area contributed by atoms with Crippen LogP contribution in [0.4, 0.5) is 13.2 Å². The Balaban J connectivity index is 1.72. The molecule has 1 aliphatic heterocycles. The highest BCUT2D eigenvalue weighted by Gasteiger charge is 2.35. The van der Waals surface area contributed by atoms with Crippen LogP contribution in [0.3, 0.4) is 0 Å². The van der Waals surface area contributed by atoms with E-state index in [-0.39, 0.29) is 29.7 Å². The van der Waals surface area contributed by atoms with Crippen molar-refractivity contribution >= 4 is 16.8 Å². The summed E-state index contributed by atoms with van der Waals surface area (Å²) in [5.41, 5.74) is -1.76. The maximum atomic E-state index is 13.8. The average Bonchev–Trinajstić information content (AvgIpc) is 3.25. The number of benzene rings is 1. The molecule has 11 heteroatoms. The first-order valence-electron chi connectivity index (χ1n) is 9.44. The smallest absolute Gasteiger partial charge is 0.329 e. The molecule has 0 bridgehead atoms. The molecule has 1 unspecified atom stereocenters. The first-order valence-corrected chi connectivity index (χ1v) is 9.44. The predicted octanol–water partition coefficient (Wildman–Crippen LogP) is 1.40. The summed E-state index contributed by atoms with van der Waals surface area (Å²) < 4.78 is 46.6. The normalized spacial score (nSPS) is 17.1. The monoisotopic (exact) mass is 434 g/mol. The maximum Gasteiger partial charge on any atom is 0.329 e. The Morgan fingerprint density at radius 2 is 2.06 bits per heavy atom. The second-order valence-corrected chi connectivity index (χ2v) is 7.16. The van der Waals surface area contributed by atoms with Crippen molar-refractivity contribution in [3.63, 3.8) is 0 Å². The molecule has 2 aromatic heterocycles. The molecule has 2 atom stereocenters. The Morgan fingerprint density at radius 1 is 1.26 bits per heavy atom. The summed E-state index contributed by atoms with van der Waals surface area (Å²) in [7, 11) is 0. The van der Waals surface area contributed by atoms with Crippen LogP contribution in [0, 0.1) is 23.4 Å². The van der Waals surface area contributed by atoms with Crippen molar-refractivity contribution in [2.45, 2.75) is 19.0 Å². The minimum Gasteiger partial charge on any atom is -0.381 e. The zero-order valence-electron chi connectivity index (χ0n) is 16.0. The number of carbonyl (C=O) groups is 1. The summed E-state index contributed by atoms with van der Waals surface area (Å²) in [6.07, 6.45) is 1.20. The lowest BCUT2D eigenvalue weighted by molar-refractivity contribution is -0.126. The van der Waals surface area contributed by atoms with Gasteiger partial charge in [-0.3, -0.25) is 14.6 Å². The van der Waals surface area contributed by atoms with Gasteiger partial charge in [0.1, 0.15) is 23.5 Å². The number of fused-ring (bicyclic) bond motifs is 1. The van der Waals surface area contributed by atoms with Crippen molar-refractivity contribution in [1.29, 1.82) is 0 Å². The summed E-state index contributed by atoms with van der Waals surface area (Å²) in [5, 5.41) is 2.35. The van der Waals surface area contributed by atoms with Gasteiger partial charge in [-0.25, -0.2) is 22.5 Å². The molecular formula is C20H17F3N4O4. The van der Waals surface area contributed by atoms with Gasteiger partial charge >= 0.3 is 5.69 Å². The van der Waals surface area contributed by atoms with Gasteiger partial charge < -0.3 is 15.0 Å². The second kappa shape index (κ2) is 8.34. The van der Waals surface area contributed by atoms with Crippen LogP contribution in [-0.4, -0.2) is 33.7 Å². The molecule has 0 saturated carbocycles. The van der Waals surface area contributed by atoms with Crippen LogP contribution in [0.5, 0.6) is 0 Å².